The maximum atomic E-state index is 12.0. The molecule has 0 aromatic heterocycles. The smallest absolute Gasteiger partial charge is 0.402 e. The fourth-order valence-corrected chi connectivity index (χ4v) is 2.70. The Hall–Kier alpha value is -1.00. The van der Waals surface area contributed by atoms with Crippen molar-refractivity contribution in [1.29, 1.82) is 0 Å². The van der Waals surface area contributed by atoms with Crippen molar-refractivity contribution in [3.8, 4) is 5.75 Å². The van der Waals surface area contributed by atoms with Gasteiger partial charge in [-0.2, -0.15) is 13.2 Å². The van der Waals surface area contributed by atoms with E-state index in [4.69, 9.17) is 10.5 Å². The van der Waals surface area contributed by atoms with Crippen molar-refractivity contribution in [2.75, 3.05) is 19.4 Å². The number of hydrogen-bond acceptors (Lipinski definition) is 4. The van der Waals surface area contributed by atoms with E-state index in [1.54, 1.807) is 0 Å². The Morgan fingerprint density at radius 3 is 2.47 bits per heavy atom. The van der Waals surface area contributed by atoms with Gasteiger partial charge >= 0.3 is 6.18 Å². The zero-order valence-corrected chi connectivity index (χ0v) is 12.0. The van der Waals surface area contributed by atoms with Crippen LogP contribution in [-0.4, -0.2) is 28.2 Å². The Kier molecular flexibility index (Phi) is 4.69. The number of nitrogens with one attached hydrogen (secondary N) is 1. The van der Waals surface area contributed by atoms with Gasteiger partial charge in [0.1, 0.15) is 17.2 Å². The molecule has 0 atom stereocenters. The normalized spacial score (nSPS) is 12.5. The Morgan fingerprint density at radius 1 is 1.42 bits per heavy atom. The number of anilines is 1. The molecule has 1 aromatic rings. The van der Waals surface area contributed by atoms with Crippen LogP contribution in [0.15, 0.2) is 21.5 Å². The standard InChI is InChI=1S/C9H10BrF3N2O3S/c1-18-7-2-5(10)6(14)3-8(7)19(16,17)15-4-9(11,12)13/h2-3,15H,4,14H2,1H3. The van der Waals surface area contributed by atoms with Crippen molar-refractivity contribution in [2.24, 2.45) is 0 Å². The van der Waals surface area contributed by atoms with E-state index in [1.165, 1.54) is 17.9 Å². The second-order valence-electron chi connectivity index (χ2n) is 3.46. The highest BCUT2D eigenvalue weighted by Gasteiger charge is 2.31. The number of halogens is 4. The Bertz CT molecular complexity index is 575. The molecule has 0 saturated carbocycles. The average molecular weight is 363 g/mol. The summed E-state index contributed by atoms with van der Waals surface area (Å²) in [6, 6.07) is 2.28. The van der Waals surface area contributed by atoms with Crippen molar-refractivity contribution in [1.82, 2.24) is 4.72 Å². The molecule has 0 aliphatic heterocycles. The first kappa shape index (κ1) is 16.1. The SMILES string of the molecule is COc1cc(Br)c(N)cc1S(=O)(=O)NCC(F)(F)F. The van der Waals surface area contributed by atoms with Crippen LogP contribution in [0.25, 0.3) is 0 Å². The molecular formula is C9H10BrF3N2O3S. The van der Waals surface area contributed by atoms with Crippen LogP contribution < -0.4 is 15.2 Å². The average Bonchev–Trinajstić information content (AvgIpc) is 2.28. The molecule has 0 spiro atoms. The van der Waals surface area contributed by atoms with Crippen molar-refractivity contribution in [3.05, 3.63) is 16.6 Å². The Labute approximate surface area is 116 Å². The van der Waals surface area contributed by atoms with Gasteiger partial charge in [-0.25, -0.2) is 13.1 Å². The van der Waals surface area contributed by atoms with Gasteiger partial charge in [0, 0.05) is 10.2 Å². The highest BCUT2D eigenvalue weighted by Crippen LogP contribution is 2.32. The van der Waals surface area contributed by atoms with Crippen molar-refractivity contribution in [3.63, 3.8) is 0 Å². The van der Waals surface area contributed by atoms with Crippen LogP contribution in [0.1, 0.15) is 0 Å². The van der Waals surface area contributed by atoms with Gasteiger partial charge < -0.3 is 10.5 Å². The van der Waals surface area contributed by atoms with Gasteiger partial charge in [0.15, 0.2) is 0 Å². The summed E-state index contributed by atoms with van der Waals surface area (Å²) in [5.41, 5.74) is 5.57. The topological polar surface area (TPSA) is 81.4 Å². The first-order valence-electron chi connectivity index (χ1n) is 4.76. The van der Waals surface area contributed by atoms with E-state index in [-0.39, 0.29) is 11.4 Å². The summed E-state index contributed by atoms with van der Waals surface area (Å²) in [4.78, 5) is -0.458. The lowest BCUT2D eigenvalue weighted by atomic mass is 10.3. The third kappa shape index (κ3) is 4.25. The summed E-state index contributed by atoms with van der Waals surface area (Å²) in [7, 11) is -3.18. The van der Waals surface area contributed by atoms with Crippen LogP contribution in [0, 0.1) is 0 Å². The number of hydrogen-bond donors (Lipinski definition) is 2. The van der Waals surface area contributed by atoms with Crippen LogP contribution in [0.3, 0.4) is 0 Å². The third-order valence-electron chi connectivity index (χ3n) is 2.04. The summed E-state index contributed by atoms with van der Waals surface area (Å²) in [6.45, 7) is -1.67. The zero-order chi connectivity index (χ0) is 14.8. The predicted octanol–water partition coefficient (Wildman–Crippen LogP) is 1.88. The molecule has 0 radical (unpaired) electrons. The first-order valence-corrected chi connectivity index (χ1v) is 7.04. The molecule has 3 N–H and O–H groups in total. The van der Waals surface area contributed by atoms with Gasteiger partial charge in [-0.3, -0.25) is 0 Å². The molecule has 0 saturated heterocycles. The van der Waals surface area contributed by atoms with Crippen LogP contribution in [0.2, 0.25) is 0 Å². The summed E-state index contributed by atoms with van der Waals surface area (Å²) in [5.74, 6) is -0.115. The highest BCUT2D eigenvalue weighted by molar-refractivity contribution is 9.10. The van der Waals surface area contributed by atoms with Gasteiger partial charge in [-0.15, -0.1) is 0 Å². The Balaban J connectivity index is 3.17. The summed E-state index contributed by atoms with van der Waals surface area (Å²) in [6.07, 6.45) is -4.65. The second-order valence-corrected chi connectivity index (χ2v) is 6.05. The van der Waals surface area contributed by atoms with Crippen LogP contribution in [0.5, 0.6) is 5.75 Å². The number of rotatable bonds is 4. The number of nitrogens with two attached hydrogens (primary N) is 1. The maximum absolute atomic E-state index is 12.0. The van der Waals surface area contributed by atoms with Crippen molar-refractivity contribution in [2.45, 2.75) is 11.1 Å². The molecule has 0 amide bonds. The summed E-state index contributed by atoms with van der Waals surface area (Å²) in [5, 5.41) is 0. The van der Waals surface area contributed by atoms with Gasteiger partial charge in [0.05, 0.1) is 7.11 Å². The molecule has 5 nitrogen and oxygen atoms in total. The molecule has 1 aromatic carbocycles. The van der Waals surface area contributed by atoms with E-state index >= 15 is 0 Å². The Morgan fingerprint density at radius 2 is 2.00 bits per heavy atom. The summed E-state index contributed by atoms with van der Waals surface area (Å²) >= 11 is 3.06. The van der Waals surface area contributed by atoms with E-state index in [1.807, 2.05) is 0 Å². The minimum atomic E-state index is -4.65. The largest absolute Gasteiger partial charge is 0.495 e. The fourth-order valence-electron chi connectivity index (χ4n) is 1.17. The van der Waals surface area contributed by atoms with Crippen LogP contribution >= 0.6 is 15.9 Å². The summed E-state index contributed by atoms with van der Waals surface area (Å²) < 4.78 is 66.3. The molecule has 108 valence electrons. The van der Waals surface area contributed by atoms with E-state index in [0.717, 1.165) is 6.07 Å². The number of methoxy groups -OCH3 is 1. The molecule has 0 bridgehead atoms. The zero-order valence-electron chi connectivity index (χ0n) is 9.58. The van der Waals surface area contributed by atoms with Crippen molar-refractivity contribution >= 4 is 31.6 Å². The number of sulfonamides is 1. The third-order valence-corrected chi connectivity index (χ3v) is 4.14. The molecule has 1 rings (SSSR count). The van der Waals surface area contributed by atoms with Gasteiger partial charge in [0.2, 0.25) is 10.0 Å². The number of nitrogen functional groups attached to an aromatic ring is 1. The lowest BCUT2D eigenvalue weighted by molar-refractivity contribution is -0.121. The van der Waals surface area contributed by atoms with E-state index < -0.39 is 27.6 Å². The lowest BCUT2D eigenvalue weighted by Crippen LogP contribution is -2.34. The van der Waals surface area contributed by atoms with Gasteiger partial charge in [-0.1, -0.05) is 0 Å². The predicted molar refractivity (Wildman–Crippen MR) is 66.3 cm³/mol. The van der Waals surface area contributed by atoms with E-state index in [9.17, 15) is 21.6 Å². The first-order chi connectivity index (χ1) is 8.57. The van der Waals surface area contributed by atoms with E-state index in [0.29, 0.717) is 4.47 Å². The molecule has 10 heteroatoms. The molecule has 0 fully saturated rings. The van der Waals surface area contributed by atoms with E-state index in [2.05, 4.69) is 15.9 Å². The molecular weight excluding hydrogens is 353 g/mol. The van der Waals surface area contributed by atoms with Crippen LogP contribution in [-0.2, 0) is 10.0 Å². The maximum Gasteiger partial charge on any atom is 0.402 e. The monoisotopic (exact) mass is 362 g/mol. The minimum absolute atomic E-state index is 0.0631. The minimum Gasteiger partial charge on any atom is -0.495 e. The molecule has 0 aliphatic rings. The van der Waals surface area contributed by atoms with Crippen molar-refractivity contribution < 1.29 is 26.3 Å². The number of ether oxygens (including phenoxy) is 1. The highest BCUT2D eigenvalue weighted by atomic mass is 79.9. The quantitative estimate of drug-likeness (QED) is 0.801. The van der Waals surface area contributed by atoms with Crippen LogP contribution in [0.4, 0.5) is 18.9 Å². The fraction of sp³-hybridized carbons (Fsp3) is 0.333. The second kappa shape index (κ2) is 5.55. The molecule has 19 heavy (non-hydrogen) atoms. The van der Waals surface area contributed by atoms with Gasteiger partial charge in [-0.05, 0) is 28.1 Å². The molecule has 0 unspecified atom stereocenters. The molecule has 0 heterocycles. The lowest BCUT2D eigenvalue weighted by Gasteiger charge is -2.13. The number of benzene rings is 1. The van der Waals surface area contributed by atoms with Gasteiger partial charge in [0.25, 0.3) is 0 Å². The number of alkyl halides is 3. The molecule has 0 aliphatic carbocycles.